The van der Waals surface area contributed by atoms with E-state index in [2.05, 4.69) is 20.2 Å². The number of carbonyl (C=O) groups is 1. The van der Waals surface area contributed by atoms with E-state index < -0.39 is 0 Å². The monoisotopic (exact) mass is 438 g/mol. The van der Waals surface area contributed by atoms with E-state index in [0.717, 1.165) is 11.5 Å². The summed E-state index contributed by atoms with van der Waals surface area (Å²) in [6.45, 7) is 4.38. The van der Waals surface area contributed by atoms with Crippen LogP contribution in [0.3, 0.4) is 0 Å². The SMILES string of the molecule is COc1cc(C(=O)N2CCN(c3ccc(-n4ccc(C)n4)nn3)CC2)cc(OC)c1OC. The number of aromatic nitrogens is 4. The van der Waals surface area contributed by atoms with Crippen LogP contribution in [-0.4, -0.2) is 78.3 Å². The molecule has 0 saturated carbocycles. The lowest BCUT2D eigenvalue weighted by atomic mass is 10.1. The van der Waals surface area contributed by atoms with Gasteiger partial charge < -0.3 is 24.0 Å². The summed E-state index contributed by atoms with van der Waals surface area (Å²) in [5.41, 5.74) is 1.41. The van der Waals surface area contributed by atoms with Crippen molar-refractivity contribution in [3.8, 4) is 23.1 Å². The minimum atomic E-state index is -0.0839. The van der Waals surface area contributed by atoms with E-state index in [0.29, 0.717) is 54.8 Å². The summed E-state index contributed by atoms with van der Waals surface area (Å²) in [5.74, 6) is 2.73. The van der Waals surface area contributed by atoms with Crippen LogP contribution < -0.4 is 19.1 Å². The fourth-order valence-corrected chi connectivity index (χ4v) is 3.68. The lowest BCUT2D eigenvalue weighted by molar-refractivity contribution is 0.0745. The molecule has 1 aromatic carbocycles. The Bertz CT molecular complexity index is 1070. The average molecular weight is 438 g/mol. The van der Waals surface area contributed by atoms with Crippen molar-refractivity contribution in [1.82, 2.24) is 24.9 Å². The van der Waals surface area contributed by atoms with Crippen LogP contribution in [0.5, 0.6) is 17.2 Å². The van der Waals surface area contributed by atoms with E-state index in [1.165, 1.54) is 21.3 Å². The van der Waals surface area contributed by atoms with Crippen molar-refractivity contribution in [1.29, 1.82) is 0 Å². The first kappa shape index (κ1) is 21.4. The highest BCUT2D eigenvalue weighted by Gasteiger charge is 2.25. The summed E-state index contributed by atoms with van der Waals surface area (Å²) in [5, 5.41) is 13.0. The first-order chi connectivity index (χ1) is 15.5. The standard InChI is InChI=1S/C22H26N6O4/c1-15-7-8-28(25-15)20-6-5-19(23-24-20)26-9-11-27(12-10-26)22(29)16-13-17(30-2)21(32-4)18(14-16)31-3/h5-8,13-14H,9-12H2,1-4H3. The van der Waals surface area contributed by atoms with Gasteiger partial charge in [-0.25, -0.2) is 4.68 Å². The van der Waals surface area contributed by atoms with Gasteiger partial charge in [0.25, 0.3) is 5.91 Å². The zero-order valence-corrected chi connectivity index (χ0v) is 18.6. The van der Waals surface area contributed by atoms with Crippen molar-refractivity contribution < 1.29 is 19.0 Å². The molecule has 32 heavy (non-hydrogen) atoms. The smallest absolute Gasteiger partial charge is 0.254 e. The van der Waals surface area contributed by atoms with E-state index in [4.69, 9.17) is 14.2 Å². The third-order valence-corrected chi connectivity index (χ3v) is 5.40. The molecule has 0 radical (unpaired) electrons. The van der Waals surface area contributed by atoms with Crippen molar-refractivity contribution in [2.75, 3.05) is 52.4 Å². The molecular formula is C22H26N6O4. The second kappa shape index (κ2) is 9.13. The number of methoxy groups -OCH3 is 3. The first-order valence-electron chi connectivity index (χ1n) is 10.2. The number of amides is 1. The molecule has 0 atom stereocenters. The van der Waals surface area contributed by atoms with Crippen molar-refractivity contribution in [2.45, 2.75) is 6.92 Å². The zero-order valence-electron chi connectivity index (χ0n) is 18.6. The number of benzene rings is 1. The molecule has 0 bridgehead atoms. The lowest BCUT2D eigenvalue weighted by Gasteiger charge is -2.35. The van der Waals surface area contributed by atoms with Gasteiger partial charge in [-0.1, -0.05) is 0 Å². The highest BCUT2D eigenvalue weighted by atomic mass is 16.5. The maximum Gasteiger partial charge on any atom is 0.254 e. The Kier molecular flexibility index (Phi) is 6.11. The highest BCUT2D eigenvalue weighted by Crippen LogP contribution is 2.38. The van der Waals surface area contributed by atoms with Crippen molar-refractivity contribution >= 4 is 11.7 Å². The molecular weight excluding hydrogens is 412 g/mol. The second-order valence-corrected chi connectivity index (χ2v) is 7.34. The summed E-state index contributed by atoms with van der Waals surface area (Å²) in [6.07, 6.45) is 1.85. The minimum Gasteiger partial charge on any atom is -0.493 e. The zero-order chi connectivity index (χ0) is 22.7. The fourth-order valence-electron chi connectivity index (χ4n) is 3.68. The van der Waals surface area contributed by atoms with E-state index >= 15 is 0 Å². The van der Waals surface area contributed by atoms with Crippen LogP contribution in [0.2, 0.25) is 0 Å². The summed E-state index contributed by atoms with van der Waals surface area (Å²) < 4.78 is 17.8. The molecule has 1 aliphatic rings. The van der Waals surface area contributed by atoms with E-state index in [1.807, 2.05) is 36.2 Å². The maximum atomic E-state index is 13.1. The number of anilines is 1. The van der Waals surface area contributed by atoms with E-state index in [9.17, 15) is 4.79 Å². The molecule has 10 nitrogen and oxygen atoms in total. The van der Waals surface area contributed by atoms with Gasteiger partial charge in [0, 0.05) is 37.9 Å². The Hall–Kier alpha value is -3.82. The quantitative estimate of drug-likeness (QED) is 0.577. The number of hydrogen-bond acceptors (Lipinski definition) is 8. The van der Waals surface area contributed by atoms with E-state index in [-0.39, 0.29) is 5.91 Å². The number of hydrogen-bond donors (Lipinski definition) is 0. The Morgan fingerprint density at radius 1 is 0.875 bits per heavy atom. The predicted molar refractivity (Wildman–Crippen MR) is 118 cm³/mol. The van der Waals surface area contributed by atoms with Crippen LogP contribution >= 0.6 is 0 Å². The number of carbonyl (C=O) groups excluding carboxylic acids is 1. The Balaban J connectivity index is 1.43. The largest absolute Gasteiger partial charge is 0.493 e. The normalized spacial score (nSPS) is 13.8. The predicted octanol–water partition coefficient (Wildman–Crippen LogP) is 1.96. The number of rotatable bonds is 6. The number of aryl methyl sites for hydroxylation is 1. The van der Waals surface area contributed by atoms with Gasteiger partial charge in [0.2, 0.25) is 5.75 Å². The Morgan fingerprint density at radius 3 is 2.00 bits per heavy atom. The van der Waals surface area contributed by atoms with Gasteiger partial charge in [-0.2, -0.15) is 5.10 Å². The summed E-state index contributed by atoms with van der Waals surface area (Å²) in [7, 11) is 4.60. The molecule has 1 aliphatic heterocycles. The van der Waals surface area contributed by atoms with Crippen LogP contribution in [0.25, 0.3) is 5.82 Å². The molecule has 3 aromatic rings. The van der Waals surface area contributed by atoms with Gasteiger partial charge >= 0.3 is 0 Å². The van der Waals surface area contributed by atoms with Crippen LogP contribution in [0.15, 0.2) is 36.5 Å². The van der Waals surface area contributed by atoms with Crippen molar-refractivity contribution in [2.24, 2.45) is 0 Å². The topological polar surface area (TPSA) is 94.8 Å². The number of piperazine rings is 1. The molecule has 4 rings (SSSR count). The first-order valence-corrected chi connectivity index (χ1v) is 10.2. The minimum absolute atomic E-state index is 0.0839. The molecule has 1 amide bonds. The second-order valence-electron chi connectivity index (χ2n) is 7.34. The summed E-state index contributed by atoms with van der Waals surface area (Å²) >= 11 is 0. The Morgan fingerprint density at radius 2 is 1.50 bits per heavy atom. The highest BCUT2D eigenvalue weighted by molar-refractivity contribution is 5.95. The molecule has 0 aliphatic carbocycles. The molecule has 0 spiro atoms. The molecule has 2 aromatic heterocycles. The number of ether oxygens (including phenoxy) is 3. The maximum absolute atomic E-state index is 13.1. The summed E-state index contributed by atoms with van der Waals surface area (Å²) in [4.78, 5) is 17.0. The lowest BCUT2D eigenvalue weighted by Crippen LogP contribution is -2.49. The molecule has 1 saturated heterocycles. The number of nitrogens with zero attached hydrogens (tertiary/aromatic N) is 6. The van der Waals surface area contributed by atoms with Gasteiger partial charge in [0.15, 0.2) is 23.1 Å². The van der Waals surface area contributed by atoms with Gasteiger partial charge in [0.05, 0.1) is 27.0 Å². The third-order valence-electron chi connectivity index (χ3n) is 5.40. The molecule has 0 unspecified atom stereocenters. The molecule has 3 heterocycles. The molecule has 0 N–H and O–H groups in total. The van der Waals surface area contributed by atoms with Gasteiger partial charge in [0.1, 0.15) is 0 Å². The summed E-state index contributed by atoms with van der Waals surface area (Å²) in [6, 6.07) is 9.09. The van der Waals surface area contributed by atoms with Crippen molar-refractivity contribution in [3.05, 3.63) is 47.8 Å². The van der Waals surface area contributed by atoms with Crippen molar-refractivity contribution in [3.63, 3.8) is 0 Å². The van der Waals surface area contributed by atoms with Crippen LogP contribution in [0.1, 0.15) is 16.1 Å². The van der Waals surface area contributed by atoms with Gasteiger partial charge in [-0.15, -0.1) is 10.2 Å². The Labute approximate surface area is 186 Å². The molecule has 1 fully saturated rings. The van der Waals surface area contributed by atoms with E-state index in [1.54, 1.807) is 16.8 Å². The third kappa shape index (κ3) is 4.16. The molecule has 10 heteroatoms. The fraction of sp³-hybridized carbons (Fsp3) is 0.364. The van der Waals surface area contributed by atoms with Crippen LogP contribution in [0, 0.1) is 6.92 Å². The average Bonchev–Trinajstić information content (AvgIpc) is 3.29. The van der Waals surface area contributed by atoms with Crippen LogP contribution in [0.4, 0.5) is 5.82 Å². The van der Waals surface area contributed by atoms with Crippen LogP contribution in [-0.2, 0) is 0 Å². The molecule has 168 valence electrons. The van der Waals surface area contributed by atoms with Gasteiger partial charge in [-0.3, -0.25) is 4.79 Å². The van der Waals surface area contributed by atoms with Gasteiger partial charge in [-0.05, 0) is 37.3 Å².